The Morgan fingerprint density at radius 3 is 2.67 bits per heavy atom. The number of thioether (sulfide) groups is 1. The van der Waals surface area contributed by atoms with Gasteiger partial charge in [-0.3, -0.25) is 4.98 Å². The molecule has 1 aromatic carbocycles. The Balaban J connectivity index is 1.91. The Hall–Kier alpha value is -1.66. The quantitative estimate of drug-likeness (QED) is 0.800. The van der Waals surface area contributed by atoms with Crippen molar-refractivity contribution >= 4 is 28.4 Å². The van der Waals surface area contributed by atoms with Gasteiger partial charge in [0.05, 0.1) is 24.3 Å². The van der Waals surface area contributed by atoms with Crippen LogP contribution in [0.25, 0.3) is 10.9 Å². The van der Waals surface area contributed by atoms with Gasteiger partial charge < -0.3 is 19.9 Å². The molecule has 6 heteroatoms. The first kappa shape index (κ1) is 17.2. The van der Waals surface area contributed by atoms with Crippen LogP contribution in [0.4, 0.5) is 5.69 Å². The topological polar surface area (TPSA) is 63.6 Å². The summed E-state index contributed by atoms with van der Waals surface area (Å²) in [6.07, 6.45) is 2.60. The van der Waals surface area contributed by atoms with Crippen molar-refractivity contribution in [1.82, 2.24) is 4.98 Å². The zero-order chi connectivity index (χ0) is 17.0. The molecule has 1 fully saturated rings. The summed E-state index contributed by atoms with van der Waals surface area (Å²) >= 11 is 1.80. The van der Waals surface area contributed by atoms with Crippen molar-refractivity contribution in [3.63, 3.8) is 0 Å². The van der Waals surface area contributed by atoms with E-state index < -0.39 is 5.60 Å². The average molecular weight is 348 g/mol. The number of anilines is 1. The van der Waals surface area contributed by atoms with E-state index in [1.54, 1.807) is 18.0 Å². The van der Waals surface area contributed by atoms with Crippen LogP contribution in [-0.4, -0.2) is 47.0 Å². The number of pyridine rings is 1. The molecule has 0 bridgehead atoms. The molecule has 2 aromatic rings. The first-order valence-corrected chi connectivity index (χ1v) is 9.53. The van der Waals surface area contributed by atoms with E-state index in [0.717, 1.165) is 40.3 Å². The van der Waals surface area contributed by atoms with Gasteiger partial charge in [-0.25, -0.2) is 0 Å². The minimum absolute atomic E-state index is 0.538. The standard InChI is InChI=1S/C18H24N2O3S/c1-3-22-16-9-13-14(20-11-18(21)6-8-24-12-18)5-7-19-15(13)10-17(16)23-4-2/h5,7,9-10,21H,3-4,6,8,11-12H2,1-2H3,(H,19,20). The van der Waals surface area contributed by atoms with Gasteiger partial charge in [-0.1, -0.05) is 0 Å². The van der Waals surface area contributed by atoms with E-state index in [2.05, 4.69) is 10.3 Å². The van der Waals surface area contributed by atoms with Crippen LogP contribution < -0.4 is 14.8 Å². The number of ether oxygens (including phenoxy) is 2. The monoisotopic (exact) mass is 348 g/mol. The van der Waals surface area contributed by atoms with Crippen molar-refractivity contribution in [3.05, 3.63) is 24.4 Å². The van der Waals surface area contributed by atoms with Crippen molar-refractivity contribution in [3.8, 4) is 11.5 Å². The van der Waals surface area contributed by atoms with Gasteiger partial charge >= 0.3 is 0 Å². The Labute approximate surface area is 146 Å². The van der Waals surface area contributed by atoms with Crippen molar-refractivity contribution in [1.29, 1.82) is 0 Å². The molecule has 1 aliphatic rings. The lowest BCUT2D eigenvalue weighted by atomic mass is 10.0. The van der Waals surface area contributed by atoms with Gasteiger partial charge in [0, 0.05) is 35.6 Å². The molecule has 5 nitrogen and oxygen atoms in total. The normalized spacial score (nSPS) is 20.3. The Morgan fingerprint density at radius 2 is 2.00 bits per heavy atom. The highest BCUT2D eigenvalue weighted by Gasteiger charge is 2.31. The summed E-state index contributed by atoms with van der Waals surface area (Å²) in [6, 6.07) is 5.81. The fraction of sp³-hybridized carbons (Fsp3) is 0.500. The smallest absolute Gasteiger partial charge is 0.163 e. The number of fused-ring (bicyclic) bond motifs is 1. The minimum atomic E-state index is -0.631. The van der Waals surface area contributed by atoms with Gasteiger partial charge in [0.1, 0.15) is 0 Å². The van der Waals surface area contributed by atoms with E-state index in [9.17, 15) is 5.11 Å². The Kier molecular flexibility index (Phi) is 5.36. The Bertz CT molecular complexity index is 702. The lowest BCUT2D eigenvalue weighted by molar-refractivity contribution is 0.0820. The van der Waals surface area contributed by atoms with Gasteiger partial charge in [-0.15, -0.1) is 0 Å². The van der Waals surface area contributed by atoms with Crippen LogP contribution in [0.1, 0.15) is 20.3 Å². The molecular weight excluding hydrogens is 324 g/mol. The van der Waals surface area contributed by atoms with E-state index in [1.807, 2.05) is 32.0 Å². The van der Waals surface area contributed by atoms with E-state index in [4.69, 9.17) is 9.47 Å². The van der Waals surface area contributed by atoms with Crippen molar-refractivity contribution < 1.29 is 14.6 Å². The zero-order valence-corrected chi connectivity index (χ0v) is 15.0. The maximum atomic E-state index is 10.5. The number of aliphatic hydroxyl groups is 1. The SMILES string of the molecule is CCOc1cc2nccc(NCC3(O)CCSC3)c2cc1OCC. The summed E-state index contributed by atoms with van der Waals surface area (Å²) in [5.74, 6) is 3.23. The van der Waals surface area contributed by atoms with Gasteiger partial charge in [-0.2, -0.15) is 11.8 Å². The number of aromatic nitrogens is 1. The van der Waals surface area contributed by atoms with Gasteiger partial charge in [0.15, 0.2) is 11.5 Å². The fourth-order valence-corrected chi connectivity index (χ4v) is 4.14. The summed E-state index contributed by atoms with van der Waals surface area (Å²) < 4.78 is 11.4. The van der Waals surface area contributed by atoms with Crippen LogP contribution in [0, 0.1) is 0 Å². The molecule has 0 amide bonds. The third-order valence-electron chi connectivity index (χ3n) is 4.10. The number of nitrogens with one attached hydrogen (secondary N) is 1. The summed E-state index contributed by atoms with van der Waals surface area (Å²) in [5.41, 5.74) is 1.17. The number of benzene rings is 1. The second-order valence-corrected chi connectivity index (χ2v) is 7.03. The molecular formula is C18H24N2O3S. The van der Waals surface area contributed by atoms with Crippen LogP contribution in [-0.2, 0) is 0 Å². The number of hydrogen-bond acceptors (Lipinski definition) is 6. The highest BCUT2D eigenvalue weighted by molar-refractivity contribution is 7.99. The lowest BCUT2D eigenvalue weighted by Gasteiger charge is -2.23. The predicted molar refractivity (Wildman–Crippen MR) is 99.5 cm³/mol. The molecule has 0 aliphatic carbocycles. The van der Waals surface area contributed by atoms with Gasteiger partial charge in [0.25, 0.3) is 0 Å². The predicted octanol–water partition coefficient (Wildman–Crippen LogP) is 3.31. The number of rotatable bonds is 7. The molecule has 2 heterocycles. The van der Waals surface area contributed by atoms with Gasteiger partial charge in [0.2, 0.25) is 0 Å². The van der Waals surface area contributed by atoms with Crippen molar-refractivity contribution in [2.45, 2.75) is 25.9 Å². The maximum Gasteiger partial charge on any atom is 0.163 e. The Morgan fingerprint density at radius 1 is 1.25 bits per heavy atom. The highest BCUT2D eigenvalue weighted by Crippen LogP contribution is 2.35. The van der Waals surface area contributed by atoms with E-state index in [1.165, 1.54) is 0 Å². The number of nitrogens with zero attached hydrogens (tertiary/aromatic N) is 1. The van der Waals surface area contributed by atoms with Crippen LogP contribution in [0.2, 0.25) is 0 Å². The molecule has 130 valence electrons. The summed E-state index contributed by atoms with van der Waals surface area (Å²) in [4.78, 5) is 4.44. The second-order valence-electron chi connectivity index (χ2n) is 5.92. The van der Waals surface area contributed by atoms with Crippen LogP contribution in [0.5, 0.6) is 11.5 Å². The van der Waals surface area contributed by atoms with E-state index >= 15 is 0 Å². The molecule has 1 unspecified atom stereocenters. The molecule has 1 aliphatic heterocycles. The first-order valence-electron chi connectivity index (χ1n) is 8.37. The molecule has 1 atom stereocenters. The summed E-state index contributed by atoms with van der Waals surface area (Å²) in [6.45, 7) is 5.59. The molecule has 1 saturated heterocycles. The van der Waals surface area contributed by atoms with Crippen LogP contribution >= 0.6 is 11.8 Å². The summed E-state index contributed by atoms with van der Waals surface area (Å²) in [7, 11) is 0. The second kappa shape index (κ2) is 7.49. The highest BCUT2D eigenvalue weighted by atomic mass is 32.2. The molecule has 1 aromatic heterocycles. The third kappa shape index (κ3) is 3.70. The molecule has 24 heavy (non-hydrogen) atoms. The largest absolute Gasteiger partial charge is 0.490 e. The maximum absolute atomic E-state index is 10.5. The molecule has 3 rings (SSSR count). The van der Waals surface area contributed by atoms with E-state index in [-0.39, 0.29) is 0 Å². The van der Waals surface area contributed by atoms with E-state index in [0.29, 0.717) is 25.5 Å². The molecule has 0 radical (unpaired) electrons. The minimum Gasteiger partial charge on any atom is -0.490 e. The third-order valence-corrected chi connectivity index (χ3v) is 5.33. The van der Waals surface area contributed by atoms with Crippen LogP contribution in [0.3, 0.4) is 0 Å². The molecule has 0 spiro atoms. The molecule has 0 saturated carbocycles. The first-order chi connectivity index (χ1) is 11.6. The number of hydrogen-bond donors (Lipinski definition) is 2. The zero-order valence-electron chi connectivity index (χ0n) is 14.2. The molecule has 2 N–H and O–H groups in total. The van der Waals surface area contributed by atoms with Crippen molar-refractivity contribution in [2.24, 2.45) is 0 Å². The lowest BCUT2D eigenvalue weighted by Crippen LogP contribution is -2.36. The average Bonchev–Trinajstić information content (AvgIpc) is 3.01. The van der Waals surface area contributed by atoms with Crippen molar-refractivity contribution in [2.75, 3.05) is 36.6 Å². The summed E-state index contributed by atoms with van der Waals surface area (Å²) in [5, 5.41) is 14.9. The van der Waals surface area contributed by atoms with Crippen LogP contribution in [0.15, 0.2) is 24.4 Å². The fourth-order valence-electron chi connectivity index (χ4n) is 2.84. The van der Waals surface area contributed by atoms with Gasteiger partial charge in [-0.05, 0) is 38.2 Å².